The van der Waals surface area contributed by atoms with Crippen molar-refractivity contribution in [1.29, 1.82) is 0 Å². The average Bonchev–Trinajstić information content (AvgIpc) is 2.24. The Bertz CT molecular complexity index is 385. The molecule has 94 valence electrons. The van der Waals surface area contributed by atoms with E-state index in [2.05, 4.69) is 0 Å². The van der Waals surface area contributed by atoms with E-state index < -0.39 is 0 Å². The Hall–Kier alpha value is -0.970. The number of rotatable bonds is 4. The van der Waals surface area contributed by atoms with Crippen LogP contribution in [-0.2, 0) is 4.74 Å². The standard InChI is InChI=1S/C13H19FN2O/c1-16(2)12(13(7-15)8-17-9-13)10-5-3-4-6-11(10)14/h3-6,12H,7-9,15H2,1-2H3. The van der Waals surface area contributed by atoms with Gasteiger partial charge < -0.3 is 15.4 Å². The summed E-state index contributed by atoms with van der Waals surface area (Å²) in [6.07, 6.45) is 0. The van der Waals surface area contributed by atoms with Gasteiger partial charge in [-0.05, 0) is 20.2 Å². The summed E-state index contributed by atoms with van der Waals surface area (Å²) in [7, 11) is 3.90. The first-order valence-electron chi connectivity index (χ1n) is 5.79. The van der Waals surface area contributed by atoms with Gasteiger partial charge in [-0.3, -0.25) is 0 Å². The molecule has 4 heteroatoms. The van der Waals surface area contributed by atoms with Gasteiger partial charge >= 0.3 is 0 Å². The molecule has 3 nitrogen and oxygen atoms in total. The van der Waals surface area contributed by atoms with Gasteiger partial charge in [0.1, 0.15) is 5.82 Å². The van der Waals surface area contributed by atoms with Gasteiger partial charge in [-0.25, -0.2) is 4.39 Å². The normalized spacial score (nSPS) is 20.1. The summed E-state index contributed by atoms with van der Waals surface area (Å²) >= 11 is 0. The second kappa shape index (κ2) is 4.72. The van der Waals surface area contributed by atoms with Gasteiger partial charge in [0.05, 0.1) is 13.2 Å². The molecule has 0 aliphatic carbocycles. The molecule has 0 spiro atoms. The molecule has 1 atom stereocenters. The largest absolute Gasteiger partial charge is 0.380 e. The molecular formula is C13H19FN2O. The van der Waals surface area contributed by atoms with E-state index in [0.717, 1.165) is 0 Å². The highest BCUT2D eigenvalue weighted by Crippen LogP contribution is 2.43. The molecule has 1 aromatic carbocycles. The summed E-state index contributed by atoms with van der Waals surface area (Å²) in [5.74, 6) is -0.175. The molecule has 1 unspecified atom stereocenters. The first-order valence-corrected chi connectivity index (χ1v) is 5.79. The Balaban J connectivity index is 2.39. The van der Waals surface area contributed by atoms with E-state index in [1.54, 1.807) is 6.07 Å². The highest BCUT2D eigenvalue weighted by Gasteiger charge is 2.47. The number of hydrogen-bond acceptors (Lipinski definition) is 3. The van der Waals surface area contributed by atoms with E-state index in [-0.39, 0.29) is 17.3 Å². The lowest BCUT2D eigenvalue weighted by molar-refractivity contribution is -0.145. The van der Waals surface area contributed by atoms with Crippen LogP contribution >= 0.6 is 0 Å². The van der Waals surface area contributed by atoms with E-state index >= 15 is 0 Å². The van der Waals surface area contributed by atoms with Crippen molar-refractivity contribution in [3.63, 3.8) is 0 Å². The minimum absolute atomic E-state index is 0.0394. The molecule has 0 amide bonds. The Kier molecular flexibility index (Phi) is 3.47. The summed E-state index contributed by atoms with van der Waals surface area (Å²) in [6, 6.07) is 6.85. The van der Waals surface area contributed by atoms with Crippen LogP contribution in [0.2, 0.25) is 0 Å². The zero-order valence-electron chi connectivity index (χ0n) is 10.3. The zero-order valence-corrected chi connectivity index (χ0v) is 10.3. The predicted molar refractivity (Wildman–Crippen MR) is 65.1 cm³/mol. The van der Waals surface area contributed by atoms with Crippen molar-refractivity contribution in [2.45, 2.75) is 6.04 Å². The van der Waals surface area contributed by atoms with E-state index in [1.165, 1.54) is 6.07 Å². The minimum Gasteiger partial charge on any atom is -0.380 e. The van der Waals surface area contributed by atoms with Crippen LogP contribution in [0.25, 0.3) is 0 Å². The molecule has 0 aromatic heterocycles. The lowest BCUT2D eigenvalue weighted by Gasteiger charge is -2.49. The third-order valence-corrected chi connectivity index (χ3v) is 3.48. The molecule has 2 N–H and O–H groups in total. The van der Waals surface area contributed by atoms with Crippen LogP contribution in [0.15, 0.2) is 24.3 Å². The van der Waals surface area contributed by atoms with Gasteiger partial charge in [0.25, 0.3) is 0 Å². The lowest BCUT2D eigenvalue weighted by atomic mass is 9.74. The molecule has 0 saturated carbocycles. The fraction of sp³-hybridized carbons (Fsp3) is 0.538. The molecule has 1 saturated heterocycles. The van der Waals surface area contributed by atoms with Crippen molar-refractivity contribution in [3.8, 4) is 0 Å². The van der Waals surface area contributed by atoms with Crippen molar-refractivity contribution < 1.29 is 9.13 Å². The summed E-state index contributed by atoms with van der Waals surface area (Å²) in [5, 5.41) is 0. The smallest absolute Gasteiger partial charge is 0.128 e. The summed E-state index contributed by atoms with van der Waals surface area (Å²) in [5.41, 5.74) is 6.40. The second-order valence-electron chi connectivity index (χ2n) is 4.95. The maximum absolute atomic E-state index is 13.9. The predicted octanol–water partition coefficient (Wildman–Crippen LogP) is 1.40. The number of halogens is 1. The van der Waals surface area contributed by atoms with Crippen LogP contribution in [0.4, 0.5) is 4.39 Å². The maximum Gasteiger partial charge on any atom is 0.128 e. The number of hydrogen-bond donors (Lipinski definition) is 1. The summed E-state index contributed by atoms with van der Waals surface area (Å²) in [4.78, 5) is 2.02. The maximum atomic E-state index is 13.9. The molecule has 17 heavy (non-hydrogen) atoms. The van der Waals surface area contributed by atoms with Crippen LogP contribution in [0.1, 0.15) is 11.6 Å². The third-order valence-electron chi connectivity index (χ3n) is 3.48. The van der Waals surface area contributed by atoms with Crippen molar-refractivity contribution in [3.05, 3.63) is 35.6 Å². The van der Waals surface area contributed by atoms with Crippen LogP contribution in [0.3, 0.4) is 0 Å². The molecule has 1 aliphatic rings. The van der Waals surface area contributed by atoms with Gasteiger partial charge in [-0.15, -0.1) is 0 Å². The number of benzene rings is 1. The molecule has 0 bridgehead atoms. The summed E-state index contributed by atoms with van der Waals surface area (Å²) in [6.45, 7) is 1.70. The highest BCUT2D eigenvalue weighted by atomic mass is 19.1. The fourth-order valence-corrected chi connectivity index (χ4v) is 2.60. The minimum atomic E-state index is -0.175. The molecule has 1 aromatic rings. The van der Waals surface area contributed by atoms with E-state index in [0.29, 0.717) is 25.3 Å². The van der Waals surface area contributed by atoms with E-state index in [1.807, 2.05) is 31.1 Å². The van der Waals surface area contributed by atoms with Gasteiger partial charge in [-0.1, -0.05) is 18.2 Å². The van der Waals surface area contributed by atoms with Crippen LogP contribution in [-0.4, -0.2) is 38.8 Å². The van der Waals surface area contributed by atoms with Crippen molar-refractivity contribution in [2.75, 3.05) is 33.9 Å². The Morgan fingerprint density at radius 3 is 2.47 bits per heavy atom. The monoisotopic (exact) mass is 238 g/mol. The Labute approximate surface area is 101 Å². The van der Waals surface area contributed by atoms with E-state index in [9.17, 15) is 4.39 Å². The molecule has 1 fully saturated rings. The molecular weight excluding hydrogens is 219 g/mol. The topological polar surface area (TPSA) is 38.5 Å². The lowest BCUT2D eigenvalue weighted by Crippen LogP contribution is -2.56. The SMILES string of the molecule is CN(C)C(c1ccccc1F)C1(CN)COC1. The quantitative estimate of drug-likeness (QED) is 0.862. The van der Waals surface area contributed by atoms with Crippen molar-refractivity contribution in [1.82, 2.24) is 4.90 Å². The number of ether oxygens (including phenoxy) is 1. The van der Waals surface area contributed by atoms with E-state index in [4.69, 9.17) is 10.5 Å². The van der Waals surface area contributed by atoms with Gasteiger partial charge in [0, 0.05) is 23.6 Å². The first-order chi connectivity index (χ1) is 8.10. The van der Waals surface area contributed by atoms with Crippen LogP contribution in [0, 0.1) is 11.2 Å². The molecule has 2 rings (SSSR count). The first kappa shape index (κ1) is 12.5. The fourth-order valence-electron chi connectivity index (χ4n) is 2.60. The average molecular weight is 238 g/mol. The zero-order chi connectivity index (χ0) is 12.5. The Morgan fingerprint density at radius 2 is 2.06 bits per heavy atom. The molecule has 1 heterocycles. The molecule has 1 aliphatic heterocycles. The number of nitrogens with two attached hydrogens (primary N) is 1. The third kappa shape index (κ3) is 2.08. The second-order valence-corrected chi connectivity index (χ2v) is 4.95. The van der Waals surface area contributed by atoms with Crippen molar-refractivity contribution >= 4 is 0 Å². The number of nitrogens with zero attached hydrogens (tertiary/aromatic N) is 1. The molecule has 0 radical (unpaired) electrons. The highest BCUT2D eigenvalue weighted by molar-refractivity contribution is 5.25. The summed E-state index contributed by atoms with van der Waals surface area (Å²) < 4.78 is 19.2. The van der Waals surface area contributed by atoms with Crippen LogP contribution in [0.5, 0.6) is 0 Å². The van der Waals surface area contributed by atoms with Crippen molar-refractivity contribution in [2.24, 2.45) is 11.1 Å². The van der Waals surface area contributed by atoms with Gasteiger partial charge in [0.15, 0.2) is 0 Å². The Morgan fingerprint density at radius 1 is 1.41 bits per heavy atom. The van der Waals surface area contributed by atoms with Crippen LogP contribution < -0.4 is 5.73 Å². The van der Waals surface area contributed by atoms with Gasteiger partial charge in [0.2, 0.25) is 0 Å². The van der Waals surface area contributed by atoms with Gasteiger partial charge in [-0.2, -0.15) is 0 Å².